The molecule has 0 unspecified atom stereocenters. The number of hydrogen-bond acceptors (Lipinski definition) is 2. The van der Waals surface area contributed by atoms with E-state index in [9.17, 15) is 10.1 Å². The van der Waals surface area contributed by atoms with E-state index in [1.54, 1.807) is 0 Å². The first kappa shape index (κ1) is 13.9. The van der Waals surface area contributed by atoms with Crippen molar-refractivity contribution >= 4 is 17.5 Å². The van der Waals surface area contributed by atoms with Crippen LogP contribution >= 0.6 is 11.6 Å². The Morgan fingerprint density at radius 3 is 2.53 bits per heavy atom. The second-order valence-electron chi connectivity index (χ2n) is 5.08. The normalized spacial score (nSPS) is 16.8. The van der Waals surface area contributed by atoms with Gasteiger partial charge in [0.15, 0.2) is 0 Å². The van der Waals surface area contributed by atoms with Crippen molar-refractivity contribution in [3.8, 4) is 6.07 Å². The van der Waals surface area contributed by atoms with Gasteiger partial charge in [0.05, 0.1) is 6.07 Å². The molecule has 0 aromatic heterocycles. The number of amides is 1. The summed E-state index contributed by atoms with van der Waals surface area (Å²) in [5.74, 6) is -0.0431. The van der Waals surface area contributed by atoms with Gasteiger partial charge in [-0.15, -0.1) is 0 Å². The first-order valence-corrected chi connectivity index (χ1v) is 6.98. The molecule has 1 aromatic rings. The van der Waals surface area contributed by atoms with Crippen LogP contribution in [-0.2, 0) is 11.2 Å². The van der Waals surface area contributed by atoms with Crippen molar-refractivity contribution in [1.82, 2.24) is 5.32 Å². The van der Waals surface area contributed by atoms with E-state index < -0.39 is 5.54 Å². The van der Waals surface area contributed by atoms with Gasteiger partial charge in [0.25, 0.3) is 0 Å². The third-order valence-corrected chi connectivity index (χ3v) is 3.86. The van der Waals surface area contributed by atoms with E-state index in [1.807, 2.05) is 24.3 Å². The largest absolute Gasteiger partial charge is 0.338 e. The summed E-state index contributed by atoms with van der Waals surface area (Å²) in [6.45, 7) is 0. The maximum Gasteiger partial charge on any atom is 0.221 e. The van der Waals surface area contributed by atoms with Gasteiger partial charge in [-0.25, -0.2) is 0 Å². The second kappa shape index (κ2) is 6.08. The van der Waals surface area contributed by atoms with Gasteiger partial charge in [-0.1, -0.05) is 23.7 Å². The number of nitrogens with one attached hydrogen (secondary N) is 1. The molecule has 100 valence electrons. The predicted octanol–water partition coefficient (Wildman–Crippen LogP) is 3.23. The highest BCUT2D eigenvalue weighted by atomic mass is 35.5. The standard InChI is InChI=1S/C15H17ClN2O/c16-13-6-3-12(4-7-13)5-8-14(19)18-15(11-17)9-1-2-10-15/h3-4,6-7H,1-2,5,8-10H2,(H,18,19). The molecule has 1 fully saturated rings. The molecule has 0 radical (unpaired) electrons. The minimum Gasteiger partial charge on any atom is -0.338 e. The molecule has 0 spiro atoms. The number of benzene rings is 1. The lowest BCUT2D eigenvalue weighted by Crippen LogP contribution is -2.45. The average molecular weight is 277 g/mol. The Morgan fingerprint density at radius 1 is 1.32 bits per heavy atom. The molecule has 0 aliphatic heterocycles. The molecule has 1 aliphatic rings. The Kier molecular flexibility index (Phi) is 4.44. The van der Waals surface area contributed by atoms with Crippen molar-refractivity contribution in [2.75, 3.05) is 0 Å². The molecular weight excluding hydrogens is 260 g/mol. The van der Waals surface area contributed by atoms with Crippen molar-refractivity contribution in [1.29, 1.82) is 5.26 Å². The molecule has 1 N–H and O–H groups in total. The van der Waals surface area contributed by atoms with Gasteiger partial charge >= 0.3 is 0 Å². The number of hydrogen-bond donors (Lipinski definition) is 1. The average Bonchev–Trinajstić information content (AvgIpc) is 2.87. The number of aryl methyl sites for hydroxylation is 1. The van der Waals surface area contributed by atoms with Crippen LogP contribution in [0.2, 0.25) is 5.02 Å². The molecule has 4 heteroatoms. The van der Waals surface area contributed by atoms with E-state index in [2.05, 4.69) is 11.4 Å². The Labute approximate surface area is 118 Å². The van der Waals surface area contributed by atoms with Gasteiger partial charge in [0, 0.05) is 11.4 Å². The first-order chi connectivity index (χ1) is 9.13. The fourth-order valence-corrected chi connectivity index (χ4v) is 2.61. The summed E-state index contributed by atoms with van der Waals surface area (Å²) in [4.78, 5) is 11.9. The number of nitrogens with zero attached hydrogens (tertiary/aromatic N) is 1. The zero-order valence-corrected chi connectivity index (χ0v) is 11.5. The quantitative estimate of drug-likeness (QED) is 0.918. The molecule has 1 saturated carbocycles. The molecule has 1 amide bonds. The lowest BCUT2D eigenvalue weighted by atomic mass is 9.99. The van der Waals surface area contributed by atoms with Gasteiger partial charge in [-0.05, 0) is 49.8 Å². The summed E-state index contributed by atoms with van der Waals surface area (Å²) in [5.41, 5.74) is 0.467. The van der Waals surface area contributed by atoms with E-state index in [1.165, 1.54) is 0 Å². The Morgan fingerprint density at radius 2 is 1.95 bits per heavy atom. The Bertz CT molecular complexity index is 484. The monoisotopic (exact) mass is 276 g/mol. The van der Waals surface area contributed by atoms with Crippen LogP contribution in [0.3, 0.4) is 0 Å². The highest BCUT2D eigenvalue weighted by molar-refractivity contribution is 6.30. The fraction of sp³-hybridized carbons (Fsp3) is 0.467. The summed E-state index contributed by atoms with van der Waals surface area (Å²) in [7, 11) is 0. The fourth-order valence-electron chi connectivity index (χ4n) is 2.48. The number of carbonyl (C=O) groups excluding carboxylic acids is 1. The van der Waals surface area contributed by atoms with Crippen LogP contribution < -0.4 is 5.32 Å². The smallest absolute Gasteiger partial charge is 0.221 e. The van der Waals surface area contributed by atoms with Gasteiger partial charge < -0.3 is 5.32 Å². The van der Waals surface area contributed by atoms with Crippen LogP contribution in [0.15, 0.2) is 24.3 Å². The SMILES string of the molecule is N#CC1(NC(=O)CCc2ccc(Cl)cc2)CCCC1. The van der Waals surface area contributed by atoms with E-state index >= 15 is 0 Å². The summed E-state index contributed by atoms with van der Waals surface area (Å²) >= 11 is 5.81. The maximum absolute atomic E-state index is 11.9. The highest BCUT2D eigenvalue weighted by Crippen LogP contribution is 2.28. The molecule has 2 rings (SSSR count). The lowest BCUT2D eigenvalue weighted by molar-refractivity contribution is -0.122. The van der Waals surface area contributed by atoms with E-state index in [-0.39, 0.29) is 5.91 Å². The predicted molar refractivity (Wildman–Crippen MR) is 74.7 cm³/mol. The number of rotatable bonds is 4. The number of halogens is 1. The van der Waals surface area contributed by atoms with E-state index in [4.69, 9.17) is 11.6 Å². The van der Waals surface area contributed by atoms with Gasteiger partial charge in [0.2, 0.25) is 5.91 Å². The third kappa shape index (κ3) is 3.71. The van der Waals surface area contributed by atoms with E-state index in [0.29, 0.717) is 17.9 Å². The minimum atomic E-state index is -0.614. The molecule has 1 aliphatic carbocycles. The van der Waals surface area contributed by atoms with E-state index in [0.717, 1.165) is 31.2 Å². The molecule has 0 bridgehead atoms. The third-order valence-electron chi connectivity index (χ3n) is 3.60. The van der Waals surface area contributed by atoms with Crippen LogP contribution in [0, 0.1) is 11.3 Å². The van der Waals surface area contributed by atoms with Gasteiger partial charge in [0.1, 0.15) is 5.54 Å². The Hall–Kier alpha value is -1.53. The van der Waals surface area contributed by atoms with Crippen LogP contribution in [0.25, 0.3) is 0 Å². The molecule has 3 nitrogen and oxygen atoms in total. The minimum absolute atomic E-state index is 0.0431. The zero-order chi connectivity index (χ0) is 13.7. The molecule has 0 heterocycles. The topological polar surface area (TPSA) is 52.9 Å². The van der Waals surface area contributed by atoms with Gasteiger partial charge in [-0.3, -0.25) is 4.79 Å². The molecule has 1 aromatic carbocycles. The first-order valence-electron chi connectivity index (χ1n) is 6.60. The second-order valence-corrected chi connectivity index (χ2v) is 5.51. The summed E-state index contributed by atoms with van der Waals surface area (Å²) < 4.78 is 0. The van der Waals surface area contributed by atoms with Crippen molar-refractivity contribution in [3.63, 3.8) is 0 Å². The van der Waals surface area contributed by atoms with Crippen molar-refractivity contribution < 1.29 is 4.79 Å². The molecule has 0 saturated heterocycles. The van der Waals surface area contributed by atoms with Crippen LogP contribution in [-0.4, -0.2) is 11.4 Å². The van der Waals surface area contributed by atoms with Crippen LogP contribution in [0.4, 0.5) is 0 Å². The van der Waals surface area contributed by atoms with Crippen molar-refractivity contribution in [3.05, 3.63) is 34.9 Å². The van der Waals surface area contributed by atoms with Crippen molar-refractivity contribution in [2.24, 2.45) is 0 Å². The highest BCUT2D eigenvalue weighted by Gasteiger charge is 2.35. The Balaban J connectivity index is 1.85. The van der Waals surface area contributed by atoms with Crippen LogP contribution in [0.5, 0.6) is 0 Å². The molecular formula is C15H17ClN2O. The maximum atomic E-state index is 11.9. The summed E-state index contributed by atoms with van der Waals surface area (Å²) in [6, 6.07) is 9.75. The number of carbonyl (C=O) groups is 1. The van der Waals surface area contributed by atoms with Crippen molar-refractivity contribution in [2.45, 2.75) is 44.1 Å². The zero-order valence-electron chi connectivity index (χ0n) is 10.8. The lowest BCUT2D eigenvalue weighted by Gasteiger charge is -2.21. The number of nitriles is 1. The summed E-state index contributed by atoms with van der Waals surface area (Å²) in [5, 5.41) is 12.8. The van der Waals surface area contributed by atoms with Crippen LogP contribution in [0.1, 0.15) is 37.7 Å². The molecule has 0 atom stereocenters. The summed E-state index contributed by atoms with van der Waals surface area (Å²) in [6.07, 6.45) is 4.66. The molecule has 19 heavy (non-hydrogen) atoms. The van der Waals surface area contributed by atoms with Gasteiger partial charge in [-0.2, -0.15) is 5.26 Å².